The summed E-state index contributed by atoms with van der Waals surface area (Å²) >= 11 is 0. The lowest BCUT2D eigenvalue weighted by Crippen LogP contribution is -2.44. The molecule has 2 aliphatic heterocycles. The molecule has 0 atom stereocenters. The molecule has 0 saturated carbocycles. The molecule has 4 aromatic rings. The Balaban J connectivity index is 1.42. The number of pyridine rings is 2. The minimum atomic E-state index is 0.213. The summed E-state index contributed by atoms with van der Waals surface area (Å²) in [7, 11) is 2.16. The first-order valence-corrected chi connectivity index (χ1v) is 12.1. The number of ether oxygens (including phenoxy) is 1. The second-order valence-electron chi connectivity index (χ2n) is 9.11. The highest BCUT2D eigenvalue weighted by molar-refractivity contribution is 5.90. The van der Waals surface area contributed by atoms with Crippen molar-refractivity contribution in [1.29, 1.82) is 0 Å². The van der Waals surface area contributed by atoms with Gasteiger partial charge in [-0.15, -0.1) is 0 Å². The molecule has 6 rings (SSSR count). The number of piperazine rings is 1. The molecule has 184 valence electrons. The highest BCUT2D eigenvalue weighted by Gasteiger charge is 2.20. The molecule has 0 aliphatic carbocycles. The molecular formula is C25H28N10O. The van der Waals surface area contributed by atoms with Crippen molar-refractivity contribution in [3.8, 4) is 22.5 Å². The van der Waals surface area contributed by atoms with Crippen molar-refractivity contribution in [3.05, 3.63) is 43.1 Å². The fraction of sp³-hybridized carbons (Fsp3) is 0.360. The smallest absolute Gasteiger partial charge is 0.219 e. The maximum Gasteiger partial charge on any atom is 0.219 e. The third-order valence-electron chi connectivity index (χ3n) is 6.68. The van der Waals surface area contributed by atoms with E-state index >= 15 is 0 Å². The Morgan fingerprint density at radius 1 is 0.750 bits per heavy atom. The van der Waals surface area contributed by atoms with Gasteiger partial charge in [0.25, 0.3) is 0 Å². The van der Waals surface area contributed by atoms with Gasteiger partial charge in [0.1, 0.15) is 5.52 Å². The molecule has 0 radical (unpaired) electrons. The number of aromatic nitrogens is 6. The Morgan fingerprint density at radius 3 is 2.25 bits per heavy atom. The van der Waals surface area contributed by atoms with Crippen molar-refractivity contribution in [3.63, 3.8) is 0 Å². The lowest BCUT2D eigenvalue weighted by atomic mass is 10.1. The number of hydrogen-bond acceptors (Lipinski definition) is 11. The molecule has 6 heterocycles. The van der Waals surface area contributed by atoms with E-state index in [4.69, 9.17) is 25.4 Å². The average molecular weight is 485 g/mol. The minimum Gasteiger partial charge on any atom is -0.378 e. The van der Waals surface area contributed by atoms with Crippen LogP contribution in [0, 0.1) is 0 Å². The molecule has 2 N–H and O–H groups in total. The van der Waals surface area contributed by atoms with E-state index in [9.17, 15) is 0 Å². The monoisotopic (exact) mass is 484 g/mol. The summed E-state index contributed by atoms with van der Waals surface area (Å²) in [6.07, 6.45) is 8.98. The number of morpholine rings is 1. The number of rotatable bonds is 4. The van der Waals surface area contributed by atoms with Crippen molar-refractivity contribution >= 4 is 28.5 Å². The summed E-state index contributed by atoms with van der Waals surface area (Å²) in [6, 6.07) is 4.24. The summed E-state index contributed by atoms with van der Waals surface area (Å²) in [6.45, 7) is 6.83. The van der Waals surface area contributed by atoms with Crippen LogP contribution in [0.4, 0.5) is 17.5 Å². The van der Waals surface area contributed by atoms with E-state index in [0.717, 1.165) is 72.9 Å². The van der Waals surface area contributed by atoms with Crippen LogP contribution in [0.15, 0.2) is 43.1 Å². The summed E-state index contributed by atoms with van der Waals surface area (Å²) < 4.78 is 5.55. The standard InChI is InChI=1S/C25H28N10O/c1-33-2-4-34(5-3-33)20-10-17(12-27-16-20)18-11-21-22(28-13-18)24(35-6-8-36-9-7-35)32-23(31-21)19-14-29-25(26)30-15-19/h10-16H,2-9H2,1H3,(H2,26,29,30). The van der Waals surface area contributed by atoms with Gasteiger partial charge in [-0.2, -0.15) is 0 Å². The highest BCUT2D eigenvalue weighted by atomic mass is 16.5. The topological polar surface area (TPSA) is 122 Å². The van der Waals surface area contributed by atoms with E-state index in [1.165, 1.54) is 0 Å². The largest absolute Gasteiger partial charge is 0.378 e. The summed E-state index contributed by atoms with van der Waals surface area (Å²) in [5, 5.41) is 0. The van der Waals surface area contributed by atoms with Crippen molar-refractivity contribution in [2.24, 2.45) is 0 Å². The SMILES string of the molecule is CN1CCN(c2cncc(-c3cnc4c(N5CCOCC5)nc(-c5cnc(N)nc5)nc4c3)c2)CC1. The van der Waals surface area contributed by atoms with Gasteiger partial charge < -0.3 is 25.2 Å². The number of anilines is 3. The van der Waals surface area contributed by atoms with Gasteiger partial charge in [0.2, 0.25) is 5.95 Å². The molecular weight excluding hydrogens is 456 g/mol. The van der Waals surface area contributed by atoms with Crippen LogP contribution in [-0.4, -0.2) is 94.3 Å². The van der Waals surface area contributed by atoms with Crippen molar-refractivity contribution in [2.45, 2.75) is 0 Å². The van der Waals surface area contributed by atoms with E-state index in [-0.39, 0.29) is 5.95 Å². The first-order valence-electron chi connectivity index (χ1n) is 12.1. The Morgan fingerprint density at radius 2 is 1.47 bits per heavy atom. The fourth-order valence-electron chi connectivity index (χ4n) is 4.56. The molecule has 4 aromatic heterocycles. The van der Waals surface area contributed by atoms with E-state index in [0.29, 0.717) is 24.6 Å². The molecule has 11 nitrogen and oxygen atoms in total. The maximum absolute atomic E-state index is 5.69. The van der Waals surface area contributed by atoms with Crippen LogP contribution < -0.4 is 15.5 Å². The molecule has 2 fully saturated rings. The second kappa shape index (κ2) is 9.59. The van der Waals surface area contributed by atoms with E-state index < -0.39 is 0 Å². The van der Waals surface area contributed by atoms with Gasteiger partial charge in [-0.25, -0.2) is 19.9 Å². The molecule has 0 unspecified atom stereocenters. The Bertz CT molecular complexity index is 1370. The average Bonchev–Trinajstić information content (AvgIpc) is 2.93. The summed E-state index contributed by atoms with van der Waals surface area (Å²) in [4.78, 5) is 34.2. The number of nitrogen functional groups attached to an aromatic ring is 1. The molecule has 0 aromatic carbocycles. The fourth-order valence-corrected chi connectivity index (χ4v) is 4.56. The Hall–Kier alpha value is -3.96. The quantitative estimate of drug-likeness (QED) is 0.455. The molecule has 36 heavy (non-hydrogen) atoms. The molecule has 11 heteroatoms. The number of nitrogens with zero attached hydrogens (tertiary/aromatic N) is 9. The number of fused-ring (bicyclic) bond motifs is 1. The Labute approximate surface area is 209 Å². The number of nitrogens with two attached hydrogens (primary N) is 1. The number of likely N-dealkylation sites (N-methyl/N-ethyl adjacent to an activating group) is 1. The normalized spacial score (nSPS) is 17.0. The van der Waals surface area contributed by atoms with E-state index in [1.54, 1.807) is 12.4 Å². The van der Waals surface area contributed by atoms with Crippen LogP contribution in [0.5, 0.6) is 0 Å². The van der Waals surface area contributed by atoms with E-state index in [1.807, 2.05) is 18.6 Å². The lowest BCUT2D eigenvalue weighted by molar-refractivity contribution is 0.122. The molecule has 0 spiro atoms. The van der Waals surface area contributed by atoms with Gasteiger partial charge in [0.15, 0.2) is 11.6 Å². The third kappa shape index (κ3) is 4.50. The molecule has 2 saturated heterocycles. The first kappa shape index (κ1) is 22.5. The molecule has 2 aliphatic rings. The van der Waals surface area contributed by atoms with Gasteiger partial charge in [-0.1, -0.05) is 0 Å². The maximum atomic E-state index is 5.69. The van der Waals surface area contributed by atoms with Gasteiger partial charge in [-0.3, -0.25) is 9.97 Å². The van der Waals surface area contributed by atoms with Crippen LogP contribution in [0.1, 0.15) is 0 Å². The van der Waals surface area contributed by atoms with Crippen LogP contribution in [0.2, 0.25) is 0 Å². The van der Waals surface area contributed by atoms with Crippen LogP contribution in [-0.2, 0) is 4.74 Å². The third-order valence-corrected chi connectivity index (χ3v) is 6.68. The van der Waals surface area contributed by atoms with Crippen LogP contribution in [0.3, 0.4) is 0 Å². The predicted octanol–water partition coefficient (Wildman–Crippen LogP) is 1.71. The highest BCUT2D eigenvalue weighted by Crippen LogP contribution is 2.30. The zero-order chi connectivity index (χ0) is 24.5. The van der Waals surface area contributed by atoms with Crippen molar-refractivity contribution < 1.29 is 4.74 Å². The molecule has 0 bridgehead atoms. The van der Waals surface area contributed by atoms with Gasteiger partial charge in [0.05, 0.1) is 36.2 Å². The minimum absolute atomic E-state index is 0.213. The summed E-state index contributed by atoms with van der Waals surface area (Å²) in [5.74, 6) is 1.53. The summed E-state index contributed by atoms with van der Waals surface area (Å²) in [5.41, 5.74) is 11.0. The lowest BCUT2D eigenvalue weighted by Gasteiger charge is -2.34. The van der Waals surface area contributed by atoms with Gasteiger partial charge in [0, 0.05) is 75.2 Å². The van der Waals surface area contributed by atoms with Crippen molar-refractivity contribution in [2.75, 3.05) is 75.1 Å². The van der Waals surface area contributed by atoms with Gasteiger partial charge >= 0.3 is 0 Å². The second-order valence-corrected chi connectivity index (χ2v) is 9.11. The molecule has 0 amide bonds. The van der Waals surface area contributed by atoms with Crippen LogP contribution in [0.25, 0.3) is 33.5 Å². The van der Waals surface area contributed by atoms with Gasteiger partial charge in [-0.05, 0) is 19.2 Å². The first-order chi connectivity index (χ1) is 17.6. The zero-order valence-electron chi connectivity index (χ0n) is 20.2. The predicted molar refractivity (Wildman–Crippen MR) is 139 cm³/mol. The van der Waals surface area contributed by atoms with E-state index in [2.05, 4.69) is 48.8 Å². The van der Waals surface area contributed by atoms with Crippen molar-refractivity contribution in [1.82, 2.24) is 34.8 Å². The Kier molecular flexibility index (Phi) is 5.99. The number of hydrogen-bond donors (Lipinski definition) is 1. The zero-order valence-corrected chi connectivity index (χ0v) is 20.2. The van der Waals surface area contributed by atoms with Crippen LogP contribution >= 0.6 is 0 Å².